The number of hydrogen-bond acceptors (Lipinski definition) is 2. The number of carbonyl (C=O) groups is 1. The summed E-state index contributed by atoms with van der Waals surface area (Å²) in [5, 5.41) is 0. The van der Waals surface area contributed by atoms with Crippen molar-refractivity contribution in [2.24, 2.45) is 0 Å². The van der Waals surface area contributed by atoms with E-state index in [0.717, 1.165) is 6.08 Å². The number of rotatable bonds is 2. The molecule has 0 aliphatic heterocycles. The quantitative estimate of drug-likeness (QED) is 0.238. The van der Waals surface area contributed by atoms with Gasteiger partial charge in [-0.1, -0.05) is 12.7 Å². The highest BCUT2D eigenvalue weighted by molar-refractivity contribution is 5.81. The summed E-state index contributed by atoms with van der Waals surface area (Å²) < 4.78 is 4.40. The zero-order chi connectivity index (χ0) is 6.41. The molecule has 0 aromatic rings. The van der Waals surface area contributed by atoms with Crippen LogP contribution in [-0.2, 0) is 9.53 Å². The summed E-state index contributed by atoms with van der Waals surface area (Å²) in [5.74, 6) is -0.428. The van der Waals surface area contributed by atoms with Gasteiger partial charge >= 0.3 is 29.0 Å². The Balaban J connectivity index is 0. The third kappa shape index (κ3) is 7.72. The number of carbonyl (C=O) groups excluding carboxylic acids is 1. The normalized spacial score (nSPS) is 8.11. The summed E-state index contributed by atoms with van der Waals surface area (Å²) >= 11 is 0. The molecule has 0 saturated carbocycles. The van der Waals surface area contributed by atoms with Gasteiger partial charge in [-0.05, 0) is 6.92 Å². The highest BCUT2D eigenvalue weighted by Crippen LogP contribution is 1.78. The average molecular weight is 138 g/mol. The highest BCUT2D eigenvalue weighted by Gasteiger charge is 1.85. The Morgan fingerprint density at radius 3 is 2.56 bits per heavy atom. The van der Waals surface area contributed by atoms with Gasteiger partial charge in [-0.15, -0.1) is 0 Å². The fourth-order valence-corrected chi connectivity index (χ4v) is 0.183. The van der Waals surface area contributed by atoms with Crippen molar-refractivity contribution in [2.75, 3.05) is 0 Å². The van der Waals surface area contributed by atoms with Gasteiger partial charge in [-0.3, -0.25) is 0 Å². The molecular weight excluding hydrogens is 128 g/mol. The largest absolute Gasteiger partial charge is 0.432 e. The fourth-order valence-electron chi connectivity index (χ4n) is 0.183. The van der Waals surface area contributed by atoms with E-state index in [1.165, 1.54) is 6.26 Å². The molecule has 0 aromatic heterocycles. The van der Waals surface area contributed by atoms with E-state index >= 15 is 0 Å². The standard InChI is InChI=1S/C6H8O2.Mg.2H/c1-3-5-8-6(7)4-2;;;/h3-5H,2H2,1H3;;;. The number of ether oxygens (including phenoxy) is 1. The molecule has 0 rings (SSSR count). The Morgan fingerprint density at radius 2 is 2.22 bits per heavy atom. The lowest BCUT2D eigenvalue weighted by Gasteiger charge is -1.86. The monoisotopic (exact) mass is 138 g/mol. The zero-order valence-electron chi connectivity index (χ0n) is 4.76. The number of hydrogen-bond donors (Lipinski definition) is 0. The lowest BCUT2D eigenvalue weighted by atomic mass is 10.6. The smallest absolute Gasteiger partial charge is 0.334 e. The van der Waals surface area contributed by atoms with Gasteiger partial charge < -0.3 is 4.74 Å². The van der Waals surface area contributed by atoms with Gasteiger partial charge in [0.15, 0.2) is 0 Å². The third-order valence-corrected chi connectivity index (χ3v) is 0.487. The molecule has 0 spiro atoms. The molecule has 48 valence electrons. The minimum absolute atomic E-state index is 0. The second-order valence-corrected chi connectivity index (χ2v) is 1.11. The average Bonchev–Trinajstić information content (AvgIpc) is 1.83. The second kappa shape index (κ2) is 7.72. The van der Waals surface area contributed by atoms with Crippen LogP contribution < -0.4 is 0 Å². The maximum Gasteiger partial charge on any atom is 0.334 e. The number of allylic oxidation sites excluding steroid dienone is 1. The van der Waals surface area contributed by atoms with E-state index in [1.54, 1.807) is 13.0 Å². The van der Waals surface area contributed by atoms with Crippen LogP contribution in [0.2, 0.25) is 0 Å². The van der Waals surface area contributed by atoms with Crippen LogP contribution in [0.5, 0.6) is 0 Å². The van der Waals surface area contributed by atoms with Crippen LogP contribution in [0.3, 0.4) is 0 Å². The molecule has 0 aliphatic carbocycles. The molecule has 0 N–H and O–H groups in total. The van der Waals surface area contributed by atoms with E-state index in [0.29, 0.717) is 0 Å². The summed E-state index contributed by atoms with van der Waals surface area (Å²) in [7, 11) is 0. The van der Waals surface area contributed by atoms with Gasteiger partial charge in [0.2, 0.25) is 0 Å². The maximum absolute atomic E-state index is 10.2. The van der Waals surface area contributed by atoms with E-state index in [9.17, 15) is 4.79 Å². The van der Waals surface area contributed by atoms with Crippen molar-refractivity contribution in [3.63, 3.8) is 0 Å². The van der Waals surface area contributed by atoms with E-state index in [2.05, 4.69) is 11.3 Å². The SMILES string of the molecule is C=CC(=O)OC=CC.[MgH2]. The molecule has 0 atom stereocenters. The minimum atomic E-state index is -0.428. The van der Waals surface area contributed by atoms with Gasteiger partial charge in [0.25, 0.3) is 0 Å². The van der Waals surface area contributed by atoms with E-state index in [4.69, 9.17) is 0 Å². The van der Waals surface area contributed by atoms with Crippen LogP contribution in [0.4, 0.5) is 0 Å². The van der Waals surface area contributed by atoms with Crippen molar-refractivity contribution in [1.29, 1.82) is 0 Å². The number of esters is 1. The molecule has 0 amide bonds. The van der Waals surface area contributed by atoms with Crippen LogP contribution in [0.15, 0.2) is 25.0 Å². The van der Waals surface area contributed by atoms with Crippen LogP contribution in [0.1, 0.15) is 6.92 Å². The van der Waals surface area contributed by atoms with Crippen molar-refractivity contribution in [3.8, 4) is 0 Å². The fraction of sp³-hybridized carbons (Fsp3) is 0.167. The molecule has 0 aliphatic rings. The van der Waals surface area contributed by atoms with Crippen molar-refractivity contribution in [1.82, 2.24) is 0 Å². The minimum Gasteiger partial charge on any atom is -0.432 e. The zero-order valence-corrected chi connectivity index (χ0v) is 4.76. The molecule has 0 fully saturated rings. The second-order valence-electron chi connectivity index (χ2n) is 1.11. The Bertz CT molecular complexity index is 118. The Hall–Kier alpha value is -0.284. The van der Waals surface area contributed by atoms with Gasteiger partial charge in [0.1, 0.15) is 0 Å². The van der Waals surface area contributed by atoms with Crippen molar-refractivity contribution >= 4 is 29.0 Å². The molecule has 0 unspecified atom stereocenters. The Kier molecular flexibility index (Phi) is 9.86. The van der Waals surface area contributed by atoms with Crippen molar-refractivity contribution in [3.05, 3.63) is 25.0 Å². The molecule has 3 heteroatoms. The van der Waals surface area contributed by atoms with Crippen molar-refractivity contribution in [2.45, 2.75) is 6.92 Å². The molecule has 9 heavy (non-hydrogen) atoms. The molecular formula is C6H10MgO2. The summed E-state index contributed by atoms with van der Waals surface area (Å²) in [4.78, 5) is 10.2. The predicted molar refractivity (Wildman–Crippen MR) is 39.6 cm³/mol. The molecule has 2 nitrogen and oxygen atoms in total. The van der Waals surface area contributed by atoms with Crippen LogP contribution >= 0.6 is 0 Å². The Labute approximate surface area is 70.7 Å². The van der Waals surface area contributed by atoms with Gasteiger partial charge in [-0.25, -0.2) is 4.79 Å². The first-order valence-corrected chi connectivity index (χ1v) is 2.25. The highest BCUT2D eigenvalue weighted by atomic mass is 24.3. The first-order valence-electron chi connectivity index (χ1n) is 2.25. The maximum atomic E-state index is 10.2. The summed E-state index contributed by atoms with van der Waals surface area (Å²) in [6.45, 7) is 4.97. The van der Waals surface area contributed by atoms with Crippen molar-refractivity contribution < 1.29 is 9.53 Å². The van der Waals surface area contributed by atoms with E-state index in [-0.39, 0.29) is 23.1 Å². The van der Waals surface area contributed by atoms with Gasteiger partial charge in [-0.2, -0.15) is 0 Å². The molecule has 0 aromatic carbocycles. The predicted octanol–water partition coefficient (Wildman–Crippen LogP) is 0.333. The van der Waals surface area contributed by atoms with Crippen LogP contribution in [0.25, 0.3) is 0 Å². The van der Waals surface area contributed by atoms with Gasteiger partial charge in [0, 0.05) is 6.08 Å². The van der Waals surface area contributed by atoms with E-state index in [1.807, 2.05) is 0 Å². The van der Waals surface area contributed by atoms with Gasteiger partial charge in [0.05, 0.1) is 6.26 Å². The topological polar surface area (TPSA) is 26.3 Å². The summed E-state index contributed by atoms with van der Waals surface area (Å²) in [6, 6.07) is 0. The third-order valence-electron chi connectivity index (χ3n) is 0.487. The van der Waals surface area contributed by atoms with E-state index < -0.39 is 5.97 Å². The lowest BCUT2D eigenvalue weighted by Crippen LogP contribution is -1.90. The molecule has 0 saturated heterocycles. The molecule has 0 heterocycles. The van der Waals surface area contributed by atoms with Crippen LogP contribution in [0, 0.1) is 0 Å². The first kappa shape index (κ1) is 11.5. The first-order chi connectivity index (χ1) is 3.81. The van der Waals surface area contributed by atoms with Crippen LogP contribution in [-0.4, -0.2) is 29.0 Å². The molecule has 0 bridgehead atoms. The summed E-state index contributed by atoms with van der Waals surface area (Å²) in [5.41, 5.74) is 0. The Morgan fingerprint density at radius 1 is 1.67 bits per heavy atom. The summed E-state index contributed by atoms with van der Waals surface area (Å²) in [6.07, 6.45) is 4.05. The lowest BCUT2D eigenvalue weighted by molar-refractivity contribution is -0.132. The molecule has 0 radical (unpaired) electrons.